The predicted octanol–water partition coefficient (Wildman–Crippen LogP) is 3.43. The minimum absolute atomic E-state index is 0.250. The maximum atomic E-state index is 5.93. The highest BCUT2D eigenvalue weighted by atomic mass is 32.2. The molecule has 98 valence electrons. The van der Waals surface area contributed by atoms with Crippen molar-refractivity contribution in [1.82, 2.24) is 0 Å². The summed E-state index contributed by atoms with van der Waals surface area (Å²) in [6.07, 6.45) is 0. The summed E-state index contributed by atoms with van der Waals surface area (Å²) in [6, 6.07) is 9.30. The lowest BCUT2D eigenvalue weighted by Crippen LogP contribution is -2.33. The number of thioether (sulfide) groups is 1. The average molecular weight is 281 g/mol. The highest BCUT2D eigenvalue weighted by molar-refractivity contribution is 8.05. The molecule has 3 unspecified atom stereocenters. The zero-order valence-electron chi connectivity index (χ0n) is 11.3. The van der Waals surface area contributed by atoms with Gasteiger partial charge in [0.15, 0.2) is 10.1 Å². The summed E-state index contributed by atoms with van der Waals surface area (Å²) in [7, 11) is 0.335. The molecule has 1 aromatic rings. The van der Waals surface area contributed by atoms with Crippen LogP contribution >= 0.6 is 11.8 Å². The average Bonchev–Trinajstić information content (AvgIpc) is 2.58. The molecule has 2 aliphatic rings. The number of benzene rings is 1. The van der Waals surface area contributed by atoms with Crippen LogP contribution in [0.15, 0.2) is 29.2 Å². The Hall–Kier alpha value is -0.120. The van der Waals surface area contributed by atoms with E-state index in [-0.39, 0.29) is 5.41 Å². The summed E-state index contributed by atoms with van der Waals surface area (Å²) >= 11 is 2.06. The molecule has 0 amide bonds. The van der Waals surface area contributed by atoms with Crippen LogP contribution in [0.2, 0.25) is 0 Å². The largest absolute Gasteiger partial charge is 0.327 e. The van der Waals surface area contributed by atoms with Gasteiger partial charge in [-0.2, -0.15) is 0 Å². The third kappa shape index (κ3) is 2.33. The zero-order chi connectivity index (χ0) is 12.8. The summed E-state index contributed by atoms with van der Waals surface area (Å²) < 4.78 is 5.93. The van der Waals surface area contributed by atoms with Gasteiger partial charge >= 0.3 is 0 Å². The molecule has 0 aromatic heterocycles. The van der Waals surface area contributed by atoms with Crippen molar-refractivity contribution >= 4 is 22.7 Å². The molecule has 0 N–H and O–H groups in total. The molecule has 1 aromatic carbocycles. The van der Waals surface area contributed by atoms with Crippen molar-refractivity contribution in [3.8, 4) is 0 Å². The quantitative estimate of drug-likeness (QED) is 0.729. The summed E-state index contributed by atoms with van der Waals surface area (Å²) in [5, 5.41) is 0.759. The Labute approximate surface area is 117 Å². The number of fused-ring (bicyclic) bond motifs is 2. The van der Waals surface area contributed by atoms with Gasteiger partial charge in [-0.3, -0.25) is 0 Å². The minimum Gasteiger partial charge on any atom is -0.327 e. The molecule has 2 heterocycles. The Bertz CT molecular complexity index is 405. The summed E-state index contributed by atoms with van der Waals surface area (Å²) in [5.41, 5.74) is 2.16. The summed E-state index contributed by atoms with van der Waals surface area (Å²) in [6.45, 7) is 7.79. The highest BCUT2D eigenvalue weighted by Crippen LogP contribution is 2.38. The topological polar surface area (TPSA) is 9.23 Å². The fourth-order valence-electron chi connectivity index (χ4n) is 2.57. The first-order chi connectivity index (χ1) is 8.55. The zero-order valence-corrected chi connectivity index (χ0v) is 12.9. The fraction of sp³-hybridized carbons (Fsp3) is 0.600. The standard InChI is InChI=1S/C15H21OS2/c1-15(2,3)11-4-6-12(7-5-11)18-13-8-16-14(18)10-17-9-13/h4-7,13-14H,8-10H2,1-3H3/q+1. The van der Waals surface area contributed by atoms with Crippen molar-refractivity contribution in [3.63, 3.8) is 0 Å². The van der Waals surface area contributed by atoms with E-state index in [0.717, 1.165) is 11.9 Å². The Morgan fingerprint density at radius 1 is 1.17 bits per heavy atom. The monoisotopic (exact) mass is 281 g/mol. The number of rotatable bonds is 1. The Kier molecular flexibility index (Phi) is 3.41. The second-order valence-electron chi connectivity index (χ2n) is 6.07. The van der Waals surface area contributed by atoms with E-state index in [1.807, 2.05) is 0 Å². The molecule has 18 heavy (non-hydrogen) atoms. The maximum Gasteiger partial charge on any atom is 0.233 e. The Balaban J connectivity index is 1.85. The van der Waals surface area contributed by atoms with Crippen LogP contribution in [0.25, 0.3) is 0 Å². The Morgan fingerprint density at radius 2 is 1.89 bits per heavy atom. The van der Waals surface area contributed by atoms with Gasteiger partial charge in [-0.25, -0.2) is 0 Å². The van der Waals surface area contributed by atoms with Crippen molar-refractivity contribution in [2.45, 2.75) is 41.8 Å². The smallest absolute Gasteiger partial charge is 0.233 e. The molecule has 2 saturated heterocycles. The van der Waals surface area contributed by atoms with Gasteiger partial charge in [0.25, 0.3) is 0 Å². The molecule has 2 bridgehead atoms. The first kappa shape index (κ1) is 12.9. The molecule has 2 aliphatic heterocycles. The molecular formula is C15H21OS2+. The lowest BCUT2D eigenvalue weighted by atomic mass is 9.87. The van der Waals surface area contributed by atoms with Crippen molar-refractivity contribution in [2.75, 3.05) is 18.1 Å². The highest BCUT2D eigenvalue weighted by Gasteiger charge is 2.50. The third-order valence-corrected chi connectivity index (χ3v) is 7.97. The van der Waals surface area contributed by atoms with Crippen LogP contribution in [-0.4, -0.2) is 28.8 Å². The lowest BCUT2D eigenvalue weighted by molar-refractivity contribution is 0.152. The van der Waals surface area contributed by atoms with Crippen molar-refractivity contribution in [1.29, 1.82) is 0 Å². The number of ether oxygens (including phenoxy) is 1. The summed E-state index contributed by atoms with van der Waals surface area (Å²) in [5.74, 6) is 2.46. The minimum atomic E-state index is 0.250. The van der Waals surface area contributed by atoms with E-state index in [9.17, 15) is 0 Å². The summed E-state index contributed by atoms with van der Waals surface area (Å²) in [4.78, 5) is 1.51. The molecular weight excluding hydrogens is 260 g/mol. The predicted molar refractivity (Wildman–Crippen MR) is 81.6 cm³/mol. The van der Waals surface area contributed by atoms with Gasteiger partial charge in [0, 0.05) is 5.75 Å². The molecule has 2 fully saturated rings. The van der Waals surface area contributed by atoms with E-state index in [1.54, 1.807) is 0 Å². The second-order valence-corrected chi connectivity index (χ2v) is 9.55. The first-order valence-corrected chi connectivity index (χ1v) is 9.08. The van der Waals surface area contributed by atoms with Gasteiger partial charge in [-0.05, 0) is 23.1 Å². The van der Waals surface area contributed by atoms with Crippen LogP contribution in [0, 0.1) is 0 Å². The van der Waals surface area contributed by atoms with Crippen LogP contribution < -0.4 is 0 Å². The Morgan fingerprint density at radius 3 is 2.50 bits per heavy atom. The normalized spacial score (nSPS) is 31.6. The SMILES string of the molecule is CC(C)(C)c1ccc([S+]2C3COC2CSC3)cc1. The van der Waals surface area contributed by atoms with Crippen LogP contribution in [0.3, 0.4) is 0 Å². The maximum absolute atomic E-state index is 5.93. The molecule has 0 saturated carbocycles. The van der Waals surface area contributed by atoms with Gasteiger partial charge < -0.3 is 4.74 Å². The van der Waals surface area contributed by atoms with Crippen molar-refractivity contribution in [2.24, 2.45) is 0 Å². The molecule has 3 rings (SSSR count). The van der Waals surface area contributed by atoms with Crippen LogP contribution in [0.1, 0.15) is 26.3 Å². The van der Waals surface area contributed by atoms with Gasteiger partial charge in [-0.1, -0.05) is 32.9 Å². The molecule has 0 aliphatic carbocycles. The fourth-order valence-corrected chi connectivity index (χ4v) is 7.12. The van der Waals surface area contributed by atoms with Crippen LogP contribution in [0.4, 0.5) is 0 Å². The van der Waals surface area contributed by atoms with Crippen molar-refractivity contribution < 1.29 is 4.74 Å². The van der Waals surface area contributed by atoms with E-state index in [1.165, 1.54) is 22.0 Å². The van der Waals surface area contributed by atoms with Crippen LogP contribution in [-0.2, 0) is 21.0 Å². The van der Waals surface area contributed by atoms with Gasteiger partial charge in [0.1, 0.15) is 6.61 Å². The van der Waals surface area contributed by atoms with Crippen molar-refractivity contribution in [3.05, 3.63) is 29.8 Å². The third-order valence-electron chi connectivity index (χ3n) is 3.66. The number of hydrogen-bond acceptors (Lipinski definition) is 2. The van der Waals surface area contributed by atoms with Gasteiger partial charge in [-0.15, -0.1) is 11.8 Å². The molecule has 0 radical (unpaired) electrons. The van der Waals surface area contributed by atoms with E-state index < -0.39 is 0 Å². The van der Waals surface area contributed by atoms with E-state index in [4.69, 9.17) is 4.74 Å². The van der Waals surface area contributed by atoms with Gasteiger partial charge in [0.2, 0.25) is 5.44 Å². The first-order valence-electron chi connectivity index (χ1n) is 6.57. The lowest BCUT2D eigenvalue weighted by Gasteiger charge is -2.21. The van der Waals surface area contributed by atoms with Gasteiger partial charge in [0.05, 0.1) is 16.6 Å². The molecule has 0 spiro atoms. The van der Waals surface area contributed by atoms with E-state index >= 15 is 0 Å². The van der Waals surface area contributed by atoms with E-state index in [0.29, 0.717) is 16.3 Å². The molecule has 3 atom stereocenters. The molecule has 1 nitrogen and oxygen atoms in total. The second kappa shape index (κ2) is 4.77. The number of hydrogen-bond donors (Lipinski definition) is 0. The van der Waals surface area contributed by atoms with E-state index in [2.05, 4.69) is 56.8 Å². The van der Waals surface area contributed by atoms with Crippen LogP contribution in [0.5, 0.6) is 0 Å². The molecule has 3 heteroatoms.